The minimum atomic E-state index is -1.27. The van der Waals surface area contributed by atoms with E-state index in [1.54, 1.807) is 20.8 Å². The predicted molar refractivity (Wildman–Crippen MR) is 146 cm³/mol. The number of rotatable bonds is 9. The maximum atomic E-state index is 13.9. The number of carbonyl (C=O) groups is 4. The number of amides is 3. The van der Waals surface area contributed by atoms with Gasteiger partial charge in [0.25, 0.3) is 0 Å². The van der Waals surface area contributed by atoms with Crippen LogP contribution in [0, 0.1) is 5.41 Å². The number of benzene rings is 1. The Kier molecular flexibility index (Phi) is 9.03. The number of aliphatic carboxylic acids is 1. The normalized spacial score (nSPS) is 14.1. The van der Waals surface area contributed by atoms with Gasteiger partial charge in [-0.2, -0.15) is 0 Å². The van der Waals surface area contributed by atoms with Crippen molar-refractivity contribution in [2.45, 2.75) is 59.0 Å². The van der Waals surface area contributed by atoms with Crippen molar-refractivity contribution in [2.24, 2.45) is 12.5 Å². The molecule has 0 saturated carbocycles. The van der Waals surface area contributed by atoms with Crippen LogP contribution in [0.3, 0.4) is 0 Å². The molecule has 0 aliphatic rings. The summed E-state index contributed by atoms with van der Waals surface area (Å²) < 4.78 is 1.94. The van der Waals surface area contributed by atoms with Crippen LogP contribution in [-0.4, -0.2) is 81.2 Å². The molecule has 2 rings (SSSR count). The van der Waals surface area contributed by atoms with Gasteiger partial charge in [0.1, 0.15) is 12.1 Å². The number of para-hydroxylation sites is 1. The van der Waals surface area contributed by atoms with Gasteiger partial charge < -0.3 is 25.0 Å². The Morgan fingerprint density at radius 3 is 2.16 bits per heavy atom. The molecular formula is C28H40N4O6. The highest BCUT2D eigenvalue weighted by molar-refractivity contribution is 5.94. The van der Waals surface area contributed by atoms with Gasteiger partial charge in [-0.25, -0.2) is 9.59 Å². The first kappa shape index (κ1) is 30.4. The molecule has 3 N–H and O–H groups in total. The average molecular weight is 529 g/mol. The third-order valence-corrected chi connectivity index (χ3v) is 7.00. The Morgan fingerprint density at radius 2 is 1.63 bits per heavy atom. The second kappa shape index (κ2) is 11.3. The maximum Gasteiger partial charge on any atom is 0.407 e. The third-order valence-electron chi connectivity index (χ3n) is 7.00. The summed E-state index contributed by atoms with van der Waals surface area (Å²) in [7, 11) is 4.77. The number of nitrogens with zero attached hydrogens (tertiary/aromatic N) is 3. The molecule has 10 nitrogen and oxygen atoms in total. The molecule has 0 bridgehead atoms. The van der Waals surface area contributed by atoms with Gasteiger partial charge in [0.2, 0.25) is 11.8 Å². The van der Waals surface area contributed by atoms with E-state index in [-0.39, 0.29) is 12.1 Å². The summed E-state index contributed by atoms with van der Waals surface area (Å²) in [5.74, 6) is -2.10. The second-order valence-corrected chi connectivity index (χ2v) is 11.4. The largest absolute Gasteiger partial charge is 0.478 e. The predicted octanol–water partition coefficient (Wildman–Crippen LogP) is 3.45. The van der Waals surface area contributed by atoms with Crippen molar-refractivity contribution in [3.05, 3.63) is 47.7 Å². The van der Waals surface area contributed by atoms with Crippen molar-refractivity contribution in [2.75, 3.05) is 20.6 Å². The molecule has 0 saturated heterocycles. The van der Waals surface area contributed by atoms with E-state index < -0.39 is 46.8 Å². The summed E-state index contributed by atoms with van der Waals surface area (Å²) in [5, 5.41) is 22.7. The van der Waals surface area contributed by atoms with Crippen LogP contribution in [0.15, 0.2) is 42.1 Å². The molecule has 3 amide bonds. The molecule has 1 aromatic heterocycles. The number of carbonyl (C=O) groups excluding carboxylic acids is 2. The van der Waals surface area contributed by atoms with Crippen molar-refractivity contribution < 1.29 is 29.4 Å². The first-order valence-corrected chi connectivity index (χ1v) is 12.4. The number of carboxylic acid groups (broad SMARTS) is 2. The Labute approximate surface area is 223 Å². The van der Waals surface area contributed by atoms with E-state index in [1.165, 1.54) is 32.0 Å². The van der Waals surface area contributed by atoms with Crippen LogP contribution in [0.2, 0.25) is 0 Å². The summed E-state index contributed by atoms with van der Waals surface area (Å²) in [6, 6.07) is 5.54. The van der Waals surface area contributed by atoms with Gasteiger partial charge in [-0.05, 0) is 24.0 Å². The van der Waals surface area contributed by atoms with Gasteiger partial charge in [-0.3, -0.25) is 14.5 Å². The van der Waals surface area contributed by atoms with Crippen LogP contribution in [-0.2, 0) is 26.8 Å². The van der Waals surface area contributed by atoms with Crippen molar-refractivity contribution >= 4 is 34.8 Å². The zero-order valence-electron chi connectivity index (χ0n) is 23.7. The maximum absolute atomic E-state index is 13.9. The number of nitrogens with one attached hydrogen (secondary N) is 1. The Balaban J connectivity index is 2.50. The SMILES string of the molecule is C/C(=C\CN(C)C(=O)C(NC(=O)C(N(C)C(=O)O)C(C)(C)c1cn(C)c2ccccc12)C(C)(C)C)C(=O)O. The lowest BCUT2D eigenvalue weighted by molar-refractivity contribution is -0.140. The topological polar surface area (TPSA) is 132 Å². The van der Waals surface area contributed by atoms with E-state index >= 15 is 0 Å². The molecule has 0 spiro atoms. The summed E-state index contributed by atoms with van der Waals surface area (Å²) in [6.45, 7) is 10.5. The Morgan fingerprint density at radius 1 is 1.05 bits per heavy atom. The number of hydrogen-bond donors (Lipinski definition) is 3. The van der Waals surface area contributed by atoms with Crippen LogP contribution < -0.4 is 5.32 Å². The van der Waals surface area contributed by atoms with Crippen LogP contribution in [0.1, 0.15) is 47.1 Å². The molecular weight excluding hydrogens is 488 g/mol. The molecule has 2 aromatic rings. The molecule has 1 aromatic carbocycles. The Hall–Kier alpha value is -3.82. The van der Waals surface area contributed by atoms with Gasteiger partial charge in [-0.1, -0.05) is 58.9 Å². The molecule has 208 valence electrons. The number of carboxylic acids is 1. The molecule has 2 atom stereocenters. The molecule has 0 fully saturated rings. The average Bonchev–Trinajstić information content (AvgIpc) is 3.16. The van der Waals surface area contributed by atoms with Gasteiger partial charge >= 0.3 is 12.1 Å². The summed E-state index contributed by atoms with van der Waals surface area (Å²) >= 11 is 0. The number of fused-ring (bicyclic) bond motifs is 1. The first-order chi connectivity index (χ1) is 17.4. The van der Waals surface area contributed by atoms with E-state index in [1.807, 2.05) is 55.9 Å². The van der Waals surface area contributed by atoms with Crippen LogP contribution >= 0.6 is 0 Å². The fourth-order valence-corrected chi connectivity index (χ4v) is 4.64. The zero-order chi connectivity index (χ0) is 29.2. The summed E-state index contributed by atoms with van der Waals surface area (Å²) in [6.07, 6.45) is 2.05. The lowest BCUT2D eigenvalue weighted by Crippen LogP contribution is -2.62. The Bertz CT molecular complexity index is 1250. The lowest BCUT2D eigenvalue weighted by Gasteiger charge is -2.40. The fourth-order valence-electron chi connectivity index (χ4n) is 4.64. The minimum absolute atomic E-state index is 0.0410. The van der Waals surface area contributed by atoms with Gasteiger partial charge in [0, 0.05) is 55.8 Å². The van der Waals surface area contributed by atoms with Crippen molar-refractivity contribution in [1.82, 2.24) is 19.7 Å². The van der Waals surface area contributed by atoms with E-state index in [0.717, 1.165) is 21.4 Å². The first-order valence-electron chi connectivity index (χ1n) is 12.4. The quantitative estimate of drug-likeness (QED) is 0.427. The molecule has 0 radical (unpaired) electrons. The number of aromatic nitrogens is 1. The molecule has 1 heterocycles. The number of likely N-dealkylation sites (N-methyl/N-ethyl adjacent to an activating group) is 2. The highest BCUT2D eigenvalue weighted by atomic mass is 16.4. The monoisotopic (exact) mass is 528 g/mol. The molecule has 2 unspecified atom stereocenters. The summed E-state index contributed by atoms with van der Waals surface area (Å²) in [5.41, 5.74) is 0.149. The second-order valence-electron chi connectivity index (χ2n) is 11.4. The van der Waals surface area contributed by atoms with Crippen molar-refractivity contribution in [3.8, 4) is 0 Å². The molecule has 0 aliphatic heterocycles. The smallest absolute Gasteiger partial charge is 0.407 e. The van der Waals surface area contributed by atoms with Crippen LogP contribution in [0.5, 0.6) is 0 Å². The third kappa shape index (κ3) is 6.35. The lowest BCUT2D eigenvalue weighted by atomic mass is 9.76. The zero-order valence-corrected chi connectivity index (χ0v) is 23.7. The van der Waals surface area contributed by atoms with Gasteiger partial charge in [-0.15, -0.1) is 0 Å². The van der Waals surface area contributed by atoms with Crippen LogP contribution in [0.25, 0.3) is 10.9 Å². The van der Waals surface area contributed by atoms with E-state index in [0.29, 0.717) is 0 Å². The highest BCUT2D eigenvalue weighted by Gasteiger charge is 2.45. The standard InChI is InChI=1S/C28H40N4O6/c1-17(25(35)36)14-15-30(7)24(34)21(27(2,3)4)29-23(33)22(32(9)26(37)38)28(5,6)19-16-31(8)20-13-11-10-12-18(19)20/h10-14,16,21-22H,15H2,1-9H3,(H,29,33)(H,35,36)(H,37,38)/b17-14+. The fraction of sp³-hybridized carbons (Fsp3) is 0.500. The molecule has 0 aliphatic carbocycles. The van der Waals surface area contributed by atoms with Gasteiger partial charge in [0.05, 0.1) is 0 Å². The van der Waals surface area contributed by atoms with Crippen molar-refractivity contribution in [3.63, 3.8) is 0 Å². The minimum Gasteiger partial charge on any atom is -0.478 e. The molecule has 10 heteroatoms. The van der Waals surface area contributed by atoms with Gasteiger partial charge in [0.15, 0.2) is 0 Å². The summed E-state index contributed by atoms with van der Waals surface area (Å²) in [4.78, 5) is 52.9. The molecule has 38 heavy (non-hydrogen) atoms. The van der Waals surface area contributed by atoms with Crippen LogP contribution in [0.4, 0.5) is 4.79 Å². The van der Waals surface area contributed by atoms with E-state index in [9.17, 15) is 24.3 Å². The highest BCUT2D eigenvalue weighted by Crippen LogP contribution is 2.36. The van der Waals surface area contributed by atoms with E-state index in [4.69, 9.17) is 5.11 Å². The van der Waals surface area contributed by atoms with E-state index in [2.05, 4.69) is 5.32 Å². The van der Waals surface area contributed by atoms with Crippen molar-refractivity contribution in [1.29, 1.82) is 0 Å². The number of hydrogen-bond acceptors (Lipinski definition) is 4. The number of aryl methyl sites for hydroxylation is 1.